The Hall–Kier alpha value is -2.29. The van der Waals surface area contributed by atoms with E-state index in [2.05, 4.69) is 26.6 Å². The van der Waals surface area contributed by atoms with Crippen LogP contribution in [0.15, 0.2) is 28.7 Å². The van der Waals surface area contributed by atoms with Gasteiger partial charge in [-0.25, -0.2) is 9.59 Å². The van der Waals surface area contributed by atoms with Crippen LogP contribution in [0.1, 0.15) is 41.0 Å². The second-order valence-electron chi connectivity index (χ2n) is 7.99. The van der Waals surface area contributed by atoms with Gasteiger partial charge in [-0.1, -0.05) is 29.8 Å². The van der Waals surface area contributed by atoms with Crippen molar-refractivity contribution in [2.45, 2.75) is 52.7 Å². The van der Waals surface area contributed by atoms with Crippen LogP contribution >= 0.6 is 15.9 Å². The minimum absolute atomic E-state index is 0.0999. The average Bonchev–Trinajstić information content (AvgIpc) is 2.57. The minimum atomic E-state index is -1.21. The first kappa shape index (κ1) is 24.7. The number of benzene rings is 1. The zero-order chi connectivity index (χ0) is 22.2. The third-order valence-corrected chi connectivity index (χ3v) is 4.24. The van der Waals surface area contributed by atoms with E-state index < -0.39 is 29.7 Å². The number of nitrogens with one attached hydrogen (secondary N) is 2. The number of carboxylic acid groups (broad SMARTS) is 1. The molecule has 0 spiro atoms. The van der Waals surface area contributed by atoms with Crippen molar-refractivity contribution in [1.29, 1.82) is 0 Å². The van der Waals surface area contributed by atoms with Gasteiger partial charge in [0.15, 0.2) is 0 Å². The molecule has 0 aliphatic carbocycles. The first-order valence-corrected chi connectivity index (χ1v) is 10.2. The van der Waals surface area contributed by atoms with Crippen molar-refractivity contribution in [3.05, 3.63) is 28.7 Å². The molecule has 0 aliphatic rings. The van der Waals surface area contributed by atoms with Gasteiger partial charge in [-0.2, -0.15) is 0 Å². The molecule has 1 rings (SSSR count). The molecule has 162 valence electrons. The zero-order valence-corrected chi connectivity index (χ0v) is 19.1. The molecule has 0 radical (unpaired) electrons. The Labute approximate surface area is 180 Å². The van der Waals surface area contributed by atoms with E-state index in [1.54, 1.807) is 45.0 Å². The van der Waals surface area contributed by atoms with Crippen molar-refractivity contribution < 1.29 is 24.2 Å². The van der Waals surface area contributed by atoms with Gasteiger partial charge in [0.2, 0.25) is 5.91 Å². The summed E-state index contributed by atoms with van der Waals surface area (Å²) in [5.41, 5.74) is -0.198. The van der Waals surface area contributed by atoms with E-state index in [9.17, 15) is 19.5 Å². The van der Waals surface area contributed by atoms with Gasteiger partial charge in [-0.3, -0.25) is 9.69 Å². The predicted octanol–water partition coefficient (Wildman–Crippen LogP) is 3.99. The molecule has 1 atom stereocenters. The van der Waals surface area contributed by atoms with Crippen molar-refractivity contribution in [2.75, 3.05) is 18.0 Å². The molecule has 29 heavy (non-hydrogen) atoms. The standard InChI is InChI=1S/C20H30BrN3O5/c1-13(2)12-16(24(19(27)28)15-8-6-14(21)7-9-15)17(25)22-10-11-23-18(26)29-20(3,4)5/h6-9,13,16H,10-12H2,1-5H3,(H,22,25)(H,23,26)(H,27,28)/t16-/m0/s1. The van der Waals surface area contributed by atoms with E-state index >= 15 is 0 Å². The number of carbonyl (C=O) groups is 3. The Morgan fingerprint density at radius 3 is 2.14 bits per heavy atom. The van der Waals surface area contributed by atoms with E-state index in [1.807, 2.05) is 13.8 Å². The molecule has 9 heteroatoms. The summed E-state index contributed by atoms with van der Waals surface area (Å²) in [6.45, 7) is 9.44. The SMILES string of the molecule is CC(C)C[C@@H](C(=O)NCCNC(=O)OC(C)(C)C)N(C(=O)O)c1ccc(Br)cc1. The van der Waals surface area contributed by atoms with Crippen LogP contribution in [0.25, 0.3) is 0 Å². The zero-order valence-electron chi connectivity index (χ0n) is 17.5. The maximum Gasteiger partial charge on any atom is 0.412 e. The fourth-order valence-corrected chi connectivity index (χ4v) is 2.85. The van der Waals surface area contributed by atoms with Gasteiger partial charge in [0.1, 0.15) is 11.6 Å². The number of ether oxygens (including phenoxy) is 1. The van der Waals surface area contributed by atoms with Gasteiger partial charge in [-0.05, 0) is 57.4 Å². The monoisotopic (exact) mass is 471 g/mol. The molecule has 0 aromatic heterocycles. The highest BCUT2D eigenvalue weighted by Gasteiger charge is 2.31. The lowest BCUT2D eigenvalue weighted by atomic mass is 10.0. The topological polar surface area (TPSA) is 108 Å². The molecule has 0 aliphatic heterocycles. The minimum Gasteiger partial charge on any atom is -0.465 e. The first-order chi connectivity index (χ1) is 13.4. The second-order valence-corrected chi connectivity index (χ2v) is 8.91. The van der Waals surface area contributed by atoms with E-state index in [0.717, 1.165) is 9.37 Å². The van der Waals surface area contributed by atoms with Crippen LogP contribution in [0.4, 0.5) is 15.3 Å². The summed E-state index contributed by atoms with van der Waals surface area (Å²) >= 11 is 3.32. The number of anilines is 1. The van der Waals surface area contributed by atoms with Crippen molar-refractivity contribution in [3.63, 3.8) is 0 Å². The van der Waals surface area contributed by atoms with Crippen LogP contribution in [0.2, 0.25) is 0 Å². The molecule has 0 saturated carbocycles. The largest absolute Gasteiger partial charge is 0.465 e. The predicted molar refractivity (Wildman–Crippen MR) is 115 cm³/mol. The molecule has 0 fully saturated rings. The fraction of sp³-hybridized carbons (Fsp3) is 0.550. The Balaban J connectivity index is 2.79. The summed E-state index contributed by atoms with van der Waals surface area (Å²) in [6, 6.07) is 5.84. The molecule has 0 bridgehead atoms. The molecular weight excluding hydrogens is 442 g/mol. The number of alkyl carbamates (subject to hydrolysis) is 1. The van der Waals surface area contributed by atoms with Gasteiger partial charge in [-0.15, -0.1) is 0 Å². The molecule has 0 saturated heterocycles. The number of hydrogen-bond acceptors (Lipinski definition) is 4. The molecule has 0 unspecified atom stereocenters. The van der Waals surface area contributed by atoms with Crippen molar-refractivity contribution in [1.82, 2.24) is 10.6 Å². The van der Waals surface area contributed by atoms with Crippen molar-refractivity contribution in [3.8, 4) is 0 Å². The lowest BCUT2D eigenvalue weighted by Gasteiger charge is -2.30. The Bertz CT molecular complexity index is 701. The molecule has 3 N–H and O–H groups in total. The maximum atomic E-state index is 12.8. The highest BCUT2D eigenvalue weighted by Crippen LogP contribution is 2.23. The lowest BCUT2D eigenvalue weighted by Crippen LogP contribution is -2.51. The smallest absolute Gasteiger partial charge is 0.412 e. The molecule has 1 aromatic carbocycles. The Morgan fingerprint density at radius 1 is 1.10 bits per heavy atom. The highest BCUT2D eigenvalue weighted by molar-refractivity contribution is 9.10. The Kier molecular flexibility index (Phi) is 9.42. The first-order valence-electron chi connectivity index (χ1n) is 9.43. The summed E-state index contributed by atoms with van der Waals surface area (Å²) in [5.74, 6) is -0.321. The second kappa shape index (κ2) is 11.0. The summed E-state index contributed by atoms with van der Waals surface area (Å²) in [7, 11) is 0. The van der Waals surface area contributed by atoms with Crippen molar-refractivity contribution in [2.24, 2.45) is 5.92 Å². The van der Waals surface area contributed by atoms with E-state index in [1.165, 1.54) is 0 Å². The van der Waals surface area contributed by atoms with Crippen LogP contribution in [0.3, 0.4) is 0 Å². The third kappa shape index (κ3) is 9.17. The highest BCUT2D eigenvalue weighted by atomic mass is 79.9. The van der Waals surface area contributed by atoms with Crippen LogP contribution in [-0.2, 0) is 9.53 Å². The number of rotatable bonds is 8. The van der Waals surface area contributed by atoms with Gasteiger partial charge in [0.25, 0.3) is 0 Å². The number of halogens is 1. The molecular formula is C20H30BrN3O5. The van der Waals surface area contributed by atoms with Crippen LogP contribution in [0, 0.1) is 5.92 Å². The lowest BCUT2D eigenvalue weighted by molar-refractivity contribution is -0.122. The van der Waals surface area contributed by atoms with Gasteiger partial charge in [0, 0.05) is 23.2 Å². The van der Waals surface area contributed by atoms with E-state index in [-0.39, 0.29) is 19.0 Å². The van der Waals surface area contributed by atoms with Crippen LogP contribution in [0.5, 0.6) is 0 Å². The summed E-state index contributed by atoms with van der Waals surface area (Å²) < 4.78 is 5.94. The normalized spacial score (nSPS) is 12.2. The van der Waals surface area contributed by atoms with E-state index in [0.29, 0.717) is 12.1 Å². The van der Waals surface area contributed by atoms with Gasteiger partial charge < -0.3 is 20.5 Å². The third-order valence-electron chi connectivity index (χ3n) is 3.71. The number of amides is 3. The summed E-state index contributed by atoms with van der Waals surface area (Å²) in [4.78, 5) is 37.4. The molecule has 1 aromatic rings. The summed E-state index contributed by atoms with van der Waals surface area (Å²) in [5, 5.41) is 15.0. The number of nitrogens with zero attached hydrogens (tertiary/aromatic N) is 1. The Morgan fingerprint density at radius 2 is 1.66 bits per heavy atom. The van der Waals surface area contributed by atoms with E-state index in [4.69, 9.17) is 4.74 Å². The molecule has 0 heterocycles. The van der Waals surface area contributed by atoms with Gasteiger partial charge in [0.05, 0.1) is 0 Å². The quantitative estimate of drug-likeness (QED) is 0.496. The van der Waals surface area contributed by atoms with Crippen molar-refractivity contribution >= 4 is 39.7 Å². The molecule has 8 nitrogen and oxygen atoms in total. The van der Waals surface area contributed by atoms with Crippen LogP contribution in [-0.4, -0.2) is 47.9 Å². The number of hydrogen-bond donors (Lipinski definition) is 3. The fourth-order valence-electron chi connectivity index (χ4n) is 2.58. The molecule has 3 amide bonds. The van der Waals surface area contributed by atoms with Gasteiger partial charge >= 0.3 is 12.2 Å². The average molecular weight is 472 g/mol. The number of carbonyl (C=O) groups excluding carboxylic acids is 2. The summed E-state index contributed by atoms with van der Waals surface area (Å²) in [6.07, 6.45) is -1.43. The maximum absolute atomic E-state index is 12.8. The van der Waals surface area contributed by atoms with Crippen LogP contribution < -0.4 is 15.5 Å².